The average molecular weight is 283 g/mol. The maximum atomic E-state index is 5.76. The van der Waals surface area contributed by atoms with E-state index in [0.29, 0.717) is 12.1 Å². The van der Waals surface area contributed by atoms with E-state index in [2.05, 4.69) is 32.2 Å². The lowest BCUT2D eigenvalue weighted by Gasteiger charge is -2.14. The number of aryl methyl sites for hydroxylation is 2. The molecule has 0 aromatic carbocycles. The molecule has 0 amide bonds. The summed E-state index contributed by atoms with van der Waals surface area (Å²) < 4.78 is 11.0. The van der Waals surface area contributed by atoms with Crippen LogP contribution in [0.15, 0.2) is 6.07 Å². The summed E-state index contributed by atoms with van der Waals surface area (Å²) in [6, 6.07) is 2.73. The Bertz CT molecular complexity index is 385. The van der Waals surface area contributed by atoms with Crippen molar-refractivity contribution in [3.8, 4) is 0 Å². The Balaban J connectivity index is 1.61. The van der Waals surface area contributed by atoms with Crippen molar-refractivity contribution < 1.29 is 9.47 Å². The summed E-state index contributed by atoms with van der Waals surface area (Å²) in [6.45, 7) is 10.1. The second-order valence-electron chi connectivity index (χ2n) is 5.25. The molecule has 4 heteroatoms. The molecule has 0 saturated carbocycles. The van der Waals surface area contributed by atoms with Crippen LogP contribution in [0.25, 0.3) is 0 Å². The number of ether oxygens (including phenoxy) is 2. The monoisotopic (exact) mass is 283 g/mol. The SMILES string of the molecule is Cc1cc([C@H](C)NCCCO[C@@H]2CCOC2)c(C)s1. The molecule has 0 spiro atoms. The van der Waals surface area contributed by atoms with Gasteiger partial charge in [-0.1, -0.05) is 0 Å². The Morgan fingerprint density at radius 3 is 3.00 bits per heavy atom. The molecule has 1 aromatic rings. The van der Waals surface area contributed by atoms with Crippen molar-refractivity contribution in [1.82, 2.24) is 5.32 Å². The van der Waals surface area contributed by atoms with Gasteiger partial charge in [0.2, 0.25) is 0 Å². The number of thiophene rings is 1. The number of hydrogen-bond donors (Lipinski definition) is 1. The second-order valence-corrected chi connectivity index (χ2v) is 6.71. The zero-order chi connectivity index (χ0) is 13.7. The summed E-state index contributed by atoms with van der Waals surface area (Å²) in [5.74, 6) is 0. The number of rotatable bonds is 7. The highest BCUT2D eigenvalue weighted by Gasteiger charge is 2.15. The predicted molar refractivity (Wildman–Crippen MR) is 80.0 cm³/mol. The highest BCUT2D eigenvalue weighted by molar-refractivity contribution is 7.12. The van der Waals surface area contributed by atoms with Gasteiger partial charge < -0.3 is 14.8 Å². The predicted octanol–water partition coefficient (Wildman–Crippen LogP) is 3.21. The van der Waals surface area contributed by atoms with Gasteiger partial charge in [0.15, 0.2) is 0 Å². The Hall–Kier alpha value is -0.420. The highest BCUT2D eigenvalue weighted by atomic mass is 32.1. The first-order chi connectivity index (χ1) is 9.16. The third-order valence-corrected chi connectivity index (χ3v) is 4.54. The molecular weight excluding hydrogens is 258 g/mol. The molecule has 19 heavy (non-hydrogen) atoms. The molecule has 2 atom stereocenters. The fraction of sp³-hybridized carbons (Fsp3) is 0.733. The van der Waals surface area contributed by atoms with Crippen molar-refractivity contribution in [3.05, 3.63) is 21.4 Å². The summed E-state index contributed by atoms with van der Waals surface area (Å²) >= 11 is 1.88. The lowest BCUT2D eigenvalue weighted by molar-refractivity contribution is 0.0414. The average Bonchev–Trinajstić information content (AvgIpc) is 2.98. The van der Waals surface area contributed by atoms with Crippen molar-refractivity contribution >= 4 is 11.3 Å². The van der Waals surface area contributed by atoms with E-state index < -0.39 is 0 Å². The molecular formula is C15H25NO2S. The van der Waals surface area contributed by atoms with Crippen LogP contribution in [0.4, 0.5) is 0 Å². The van der Waals surface area contributed by atoms with Crippen LogP contribution in [-0.2, 0) is 9.47 Å². The number of hydrogen-bond acceptors (Lipinski definition) is 4. The second kappa shape index (κ2) is 7.39. The summed E-state index contributed by atoms with van der Waals surface area (Å²) in [5, 5.41) is 3.57. The minimum Gasteiger partial charge on any atom is -0.379 e. The van der Waals surface area contributed by atoms with Crippen LogP contribution in [-0.4, -0.2) is 32.5 Å². The first kappa shape index (κ1) is 15.0. The van der Waals surface area contributed by atoms with Gasteiger partial charge in [-0.15, -0.1) is 11.3 Å². The normalized spacial score (nSPS) is 20.9. The number of nitrogens with one attached hydrogen (secondary N) is 1. The molecule has 0 unspecified atom stereocenters. The van der Waals surface area contributed by atoms with E-state index in [-0.39, 0.29) is 0 Å². The van der Waals surface area contributed by atoms with E-state index in [1.807, 2.05) is 11.3 Å². The van der Waals surface area contributed by atoms with Gasteiger partial charge in [0.05, 0.1) is 12.7 Å². The van der Waals surface area contributed by atoms with Crippen LogP contribution in [0.5, 0.6) is 0 Å². The Morgan fingerprint density at radius 2 is 2.37 bits per heavy atom. The van der Waals surface area contributed by atoms with Gasteiger partial charge in [0.25, 0.3) is 0 Å². The Labute approximate surface area is 120 Å². The summed E-state index contributed by atoms with van der Waals surface area (Å²) in [5.41, 5.74) is 1.44. The van der Waals surface area contributed by atoms with Gasteiger partial charge in [-0.05, 0) is 51.8 Å². The molecule has 2 rings (SSSR count). The molecule has 1 N–H and O–H groups in total. The molecule has 1 saturated heterocycles. The fourth-order valence-corrected chi connectivity index (χ4v) is 3.50. The van der Waals surface area contributed by atoms with Crippen LogP contribution in [0, 0.1) is 13.8 Å². The molecule has 0 radical (unpaired) electrons. The Morgan fingerprint density at radius 1 is 1.53 bits per heavy atom. The van der Waals surface area contributed by atoms with Gasteiger partial charge in [-0.25, -0.2) is 0 Å². The van der Waals surface area contributed by atoms with Crippen molar-refractivity contribution in [2.24, 2.45) is 0 Å². The van der Waals surface area contributed by atoms with Crippen LogP contribution >= 0.6 is 11.3 Å². The molecule has 1 aliphatic heterocycles. The molecule has 0 aliphatic carbocycles. The topological polar surface area (TPSA) is 30.5 Å². The van der Waals surface area contributed by atoms with Crippen LogP contribution in [0.1, 0.15) is 41.1 Å². The maximum absolute atomic E-state index is 5.76. The Kier molecular flexibility index (Phi) is 5.82. The van der Waals surface area contributed by atoms with Gasteiger partial charge in [0, 0.05) is 29.0 Å². The zero-order valence-electron chi connectivity index (χ0n) is 12.2. The summed E-state index contributed by atoms with van der Waals surface area (Å²) in [4.78, 5) is 2.82. The first-order valence-electron chi connectivity index (χ1n) is 7.16. The van der Waals surface area contributed by atoms with E-state index in [9.17, 15) is 0 Å². The lowest BCUT2D eigenvalue weighted by Crippen LogP contribution is -2.22. The molecule has 2 heterocycles. The maximum Gasteiger partial charge on any atom is 0.0830 e. The van der Waals surface area contributed by atoms with E-state index in [0.717, 1.165) is 39.2 Å². The largest absolute Gasteiger partial charge is 0.379 e. The van der Waals surface area contributed by atoms with Gasteiger partial charge >= 0.3 is 0 Å². The standard InChI is InChI=1S/C15H25NO2S/c1-11-9-15(13(3)19-11)12(2)16-6-4-7-18-14-5-8-17-10-14/h9,12,14,16H,4-8,10H2,1-3H3/t12-,14+/m0/s1. The highest BCUT2D eigenvalue weighted by Crippen LogP contribution is 2.25. The smallest absolute Gasteiger partial charge is 0.0830 e. The first-order valence-corrected chi connectivity index (χ1v) is 7.98. The minimum absolute atomic E-state index is 0.333. The van der Waals surface area contributed by atoms with Gasteiger partial charge in [0.1, 0.15) is 0 Å². The summed E-state index contributed by atoms with van der Waals surface area (Å²) in [7, 11) is 0. The fourth-order valence-electron chi connectivity index (χ4n) is 2.48. The zero-order valence-corrected chi connectivity index (χ0v) is 13.0. The van der Waals surface area contributed by atoms with Crippen molar-refractivity contribution in [1.29, 1.82) is 0 Å². The van der Waals surface area contributed by atoms with Crippen molar-refractivity contribution in [2.45, 2.75) is 45.8 Å². The molecule has 1 aromatic heterocycles. The molecule has 108 valence electrons. The van der Waals surface area contributed by atoms with Crippen LogP contribution < -0.4 is 5.32 Å². The minimum atomic E-state index is 0.333. The van der Waals surface area contributed by atoms with Crippen molar-refractivity contribution in [2.75, 3.05) is 26.4 Å². The third-order valence-electron chi connectivity index (χ3n) is 3.56. The van der Waals surface area contributed by atoms with Crippen molar-refractivity contribution in [3.63, 3.8) is 0 Å². The molecule has 3 nitrogen and oxygen atoms in total. The lowest BCUT2D eigenvalue weighted by atomic mass is 10.1. The molecule has 0 bridgehead atoms. The third kappa shape index (κ3) is 4.56. The van der Waals surface area contributed by atoms with Crippen LogP contribution in [0.2, 0.25) is 0 Å². The van der Waals surface area contributed by atoms with Gasteiger partial charge in [-0.3, -0.25) is 0 Å². The molecule has 1 fully saturated rings. The van der Waals surface area contributed by atoms with E-state index in [4.69, 9.17) is 9.47 Å². The van der Waals surface area contributed by atoms with E-state index >= 15 is 0 Å². The summed E-state index contributed by atoms with van der Waals surface area (Å²) in [6.07, 6.45) is 2.44. The van der Waals surface area contributed by atoms with E-state index in [1.165, 1.54) is 15.3 Å². The molecule has 1 aliphatic rings. The van der Waals surface area contributed by atoms with E-state index in [1.54, 1.807) is 0 Å². The van der Waals surface area contributed by atoms with Gasteiger partial charge in [-0.2, -0.15) is 0 Å². The van der Waals surface area contributed by atoms with Crippen LogP contribution in [0.3, 0.4) is 0 Å². The quantitative estimate of drug-likeness (QED) is 0.779.